The molecule has 0 radical (unpaired) electrons. The second-order valence-electron chi connectivity index (χ2n) is 7.64. The second-order valence-corrected chi connectivity index (χ2v) is 7.64. The monoisotopic (exact) mass is 409 g/mol. The van der Waals surface area contributed by atoms with E-state index in [0.29, 0.717) is 32.1 Å². The van der Waals surface area contributed by atoms with Crippen LogP contribution in [0.15, 0.2) is 42.6 Å². The van der Waals surface area contributed by atoms with Crippen molar-refractivity contribution < 1.29 is 19.0 Å². The fourth-order valence-electron chi connectivity index (χ4n) is 3.76. The normalized spacial score (nSPS) is 22.1. The maximum Gasteiger partial charge on any atom is 0.246 e. The largest absolute Gasteiger partial charge is 0.484 e. The zero-order valence-electron chi connectivity index (χ0n) is 16.7. The Morgan fingerprint density at radius 2 is 1.73 bits per heavy atom. The molecule has 4 heterocycles. The number of likely N-dealkylation sites (tertiary alicyclic amines) is 1. The lowest BCUT2D eigenvalue weighted by Crippen LogP contribution is -2.35. The van der Waals surface area contributed by atoms with Gasteiger partial charge in [0.2, 0.25) is 5.91 Å². The number of hydrogen-bond donors (Lipinski definition) is 0. The van der Waals surface area contributed by atoms with Crippen LogP contribution in [0.3, 0.4) is 0 Å². The average molecular weight is 409 g/mol. The maximum atomic E-state index is 12.7. The van der Waals surface area contributed by atoms with Gasteiger partial charge in [0.05, 0.1) is 19.4 Å². The first kappa shape index (κ1) is 19.0. The lowest BCUT2D eigenvalue weighted by molar-refractivity contribution is -0.132. The summed E-state index contributed by atoms with van der Waals surface area (Å²) in [7, 11) is 0. The SMILES string of the molecule is Cc1ccc(OC2CO[C@H]3CN(C(=O)Cn4nc5ccccc5n4)C[C@@H]3OC2)cn1. The number of rotatable bonds is 4. The molecule has 0 spiro atoms. The lowest BCUT2D eigenvalue weighted by Gasteiger charge is -2.19. The summed E-state index contributed by atoms with van der Waals surface area (Å²) in [5.41, 5.74) is 2.49. The number of aryl methyl sites for hydroxylation is 1. The van der Waals surface area contributed by atoms with E-state index in [1.54, 1.807) is 11.1 Å². The fraction of sp³-hybridized carbons (Fsp3) is 0.429. The van der Waals surface area contributed by atoms with Crippen molar-refractivity contribution in [1.82, 2.24) is 24.9 Å². The predicted octanol–water partition coefficient (Wildman–Crippen LogP) is 1.21. The van der Waals surface area contributed by atoms with Crippen LogP contribution in [0, 0.1) is 6.92 Å². The van der Waals surface area contributed by atoms with Crippen molar-refractivity contribution in [3.8, 4) is 5.75 Å². The first-order chi connectivity index (χ1) is 14.6. The number of amides is 1. The van der Waals surface area contributed by atoms with Crippen molar-refractivity contribution in [1.29, 1.82) is 0 Å². The number of ether oxygens (including phenoxy) is 3. The number of aromatic nitrogens is 4. The molecule has 1 amide bonds. The molecular weight excluding hydrogens is 386 g/mol. The highest BCUT2D eigenvalue weighted by Crippen LogP contribution is 2.22. The third-order valence-electron chi connectivity index (χ3n) is 5.35. The molecule has 5 rings (SSSR count). The number of benzene rings is 1. The summed E-state index contributed by atoms with van der Waals surface area (Å²) >= 11 is 0. The van der Waals surface area contributed by atoms with E-state index in [-0.39, 0.29) is 30.8 Å². The van der Waals surface area contributed by atoms with E-state index in [2.05, 4.69) is 15.2 Å². The predicted molar refractivity (Wildman–Crippen MR) is 107 cm³/mol. The molecule has 1 aromatic carbocycles. The van der Waals surface area contributed by atoms with E-state index in [1.807, 2.05) is 43.3 Å². The minimum absolute atomic E-state index is 0.0471. The first-order valence-corrected chi connectivity index (χ1v) is 10.0. The minimum atomic E-state index is -0.204. The van der Waals surface area contributed by atoms with E-state index in [4.69, 9.17) is 14.2 Å². The van der Waals surface area contributed by atoms with Crippen molar-refractivity contribution in [2.45, 2.75) is 31.8 Å². The van der Waals surface area contributed by atoms with Gasteiger partial charge in [0.15, 0.2) is 0 Å². The van der Waals surface area contributed by atoms with E-state index in [9.17, 15) is 4.79 Å². The molecule has 3 aromatic rings. The van der Waals surface area contributed by atoms with Crippen LogP contribution in [0.5, 0.6) is 5.75 Å². The Labute approximate surface area is 173 Å². The van der Waals surface area contributed by atoms with Gasteiger partial charge in [-0.05, 0) is 31.2 Å². The Hall–Kier alpha value is -3.04. The van der Waals surface area contributed by atoms with Crippen molar-refractivity contribution in [2.24, 2.45) is 0 Å². The molecule has 0 bridgehead atoms. The summed E-state index contributed by atoms with van der Waals surface area (Å²) in [6.45, 7) is 3.82. The highest BCUT2D eigenvalue weighted by Gasteiger charge is 2.39. The van der Waals surface area contributed by atoms with E-state index >= 15 is 0 Å². The zero-order chi connectivity index (χ0) is 20.5. The summed E-state index contributed by atoms with van der Waals surface area (Å²) in [5, 5.41) is 8.72. The Morgan fingerprint density at radius 3 is 2.33 bits per heavy atom. The third-order valence-corrected chi connectivity index (χ3v) is 5.35. The summed E-state index contributed by atoms with van der Waals surface area (Å²) in [5.74, 6) is 0.648. The van der Waals surface area contributed by atoms with E-state index in [0.717, 1.165) is 16.7 Å². The van der Waals surface area contributed by atoms with Crippen LogP contribution in [-0.4, -0.2) is 75.4 Å². The fourth-order valence-corrected chi connectivity index (χ4v) is 3.76. The molecule has 0 aliphatic carbocycles. The number of hydrogen-bond acceptors (Lipinski definition) is 7. The van der Waals surface area contributed by atoms with Crippen LogP contribution in [0.25, 0.3) is 11.0 Å². The minimum Gasteiger partial charge on any atom is -0.484 e. The Bertz CT molecular complexity index is 988. The number of pyridine rings is 1. The van der Waals surface area contributed by atoms with Gasteiger partial charge >= 0.3 is 0 Å². The molecular formula is C21H23N5O4. The van der Waals surface area contributed by atoms with Crippen molar-refractivity contribution in [2.75, 3.05) is 26.3 Å². The maximum absolute atomic E-state index is 12.7. The van der Waals surface area contributed by atoms with Gasteiger partial charge in [-0.25, -0.2) is 0 Å². The molecule has 2 saturated heterocycles. The number of nitrogens with zero attached hydrogens (tertiary/aromatic N) is 5. The highest BCUT2D eigenvalue weighted by atomic mass is 16.6. The molecule has 2 atom stereocenters. The lowest BCUT2D eigenvalue weighted by atomic mass is 10.3. The van der Waals surface area contributed by atoms with Crippen LogP contribution < -0.4 is 4.74 Å². The topological polar surface area (TPSA) is 91.6 Å². The molecule has 9 heteroatoms. The zero-order valence-corrected chi connectivity index (χ0v) is 16.7. The molecule has 0 unspecified atom stereocenters. The molecule has 9 nitrogen and oxygen atoms in total. The summed E-state index contributed by atoms with van der Waals surface area (Å²) in [4.78, 5) is 20.2. The van der Waals surface area contributed by atoms with Gasteiger partial charge in [0, 0.05) is 18.8 Å². The van der Waals surface area contributed by atoms with Gasteiger partial charge in [0.1, 0.15) is 41.6 Å². The Morgan fingerprint density at radius 1 is 1.07 bits per heavy atom. The highest BCUT2D eigenvalue weighted by molar-refractivity contribution is 5.77. The van der Waals surface area contributed by atoms with Gasteiger partial charge in [-0.1, -0.05) is 12.1 Å². The first-order valence-electron chi connectivity index (χ1n) is 10.0. The summed E-state index contributed by atoms with van der Waals surface area (Å²) in [6.07, 6.45) is 1.17. The molecule has 2 aromatic heterocycles. The molecule has 2 aliphatic heterocycles. The van der Waals surface area contributed by atoms with Crippen LogP contribution >= 0.6 is 0 Å². The van der Waals surface area contributed by atoms with Gasteiger partial charge < -0.3 is 19.1 Å². The summed E-state index contributed by atoms with van der Waals surface area (Å²) in [6, 6.07) is 11.4. The molecule has 2 aliphatic rings. The average Bonchev–Trinajstić information content (AvgIpc) is 3.30. The van der Waals surface area contributed by atoms with Crippen molar-refractivity contribution >= 4 is 16.9 Å². The van der Waals surface area contributed by atoms with Gasteiger partial charge in [-0.2, -0.15) is 15.0 Å². The van der Waals surface area contributed by atoms with E-state index < -0.39 is 0 Å². The standard InChI is InChI=1S/C21H23N5O4/c1-14-6-7-15(8-22-14)30-16-12-28-19-9-25(10-20(19)29-13-16)21(27)11-26-23-17-4-2-3-5-18(17)24-26/h2-8,16,19-20H,9-13H2,1H3/t19-,20-/m0/s1. The molecule has 156 valence electrons. The quantitative estimate of drug-likeness (QED) is 0.640. The second kappa shape index (κ2) is 8.00. The van der Waals surface area contributed by atoms with Crippen LogP contribution in [0.2, 0.25) is 0 Å². The Kier molecular flexibility index (Phi) is 5.06. The van der Waals surface area contributed by atoms with Crippen LogP contribution in [0.4, 0.5) is 0 Å². The number of carbonyl (C=O) groups is 1. The van der Waals surface area contributed by atoms with Crippen LogP contribution in [-0.2, 0) is 20.8 Å². The Balaban J connectivity index is 1.16. The van der Waals surface area contributed by atoms with Gasteiger partial charge in [-0.3, -0.25) is 9.78 Å². The van der Waals surface area contributed by atoms with Crippen molar-refractivity contribution in [3.05, 3.63) is 48.3 Å². The molecule has 0 N–H and O–H groups in total. The number of fused-ring (bicyclic) bond motifs is 2. The molecule has 0 saturated carbocycles. The number of carbonyl (C=O) groups excluding carboxylic acids is 1. The van der Waals surface area contributed by atoms with E-state index in [1.165, 1.54) is 4.80 Å². The molecule has 30 heavy (non-hydrogen) atoms. The van der Waals surface area contributed by atoms with Gasteiger partial charge in [-0.15, -0.1) is 0 Å². The third kappa shape index (κ3) is 3.99. The summed E-state index contributed by atoms with van der Waals surface area (Å²) < 4.78 is 17.9. The van der Waals surface area contributed by atoms with Crippen LogP contribution in [0.1, 0.15) is 5.69 Å². The smallest absolute Gasteiger partial charge is 0.246 e. The van der Waals surface area contributed by atoms with Gasteiger partial charge in [0.25, 0.3) is 0 Å². The molecule has 2 fully saturated rings. The van der Waals surface area contributed by atoms with Crippen molar-refractivity contribution in [3.63, 3.8) is 0 Å².